The van der Waals surface area contributed by atoms with E-state index < -0.39 is 0 Å². The second-order valence-corrected chi connectivity index (χ2v) is 38.9. The lowest BCUT2D eigenvalue weighted by atomic mass is 9.84. The van der Waals surface area contributed by atoms with Crippen LogP contribution in [0.4, 0.5) is 0 Å². The highest BCUT2D eigenvalue weighted by molar-refractivity contribution is 7.27. The van der Waals surface area contributed by atoms with Gasteiger partial charge in [-0.3, -0.25) is 0 Å². The Kier molecular flexibility index (Phi) is 19.0. The van der Waals surface area contributed by atoms with Gasteiger partial charge in [0.15, 0.2) is 0 Å². The number of nitrogens with zero attached hydrogens (tertiary/aromatic N) is 1. The summed E-state index contributed by atoms with van der Waals surface area (Å²) in [6.07, 6.45) is 0. The molecular weight excluding hydrogens is 1700 g/mol. The van der Waals surface area contributed by atoms with Crippen molar-refractivity contribution >= 4 is 213 Å². The fourth-order valence-electron chi connectivity index (χ4n) is 22.3. The van der Waals surface area contributed by atoms with Crippen molar-refractivity contribution in [3.8, 4) is 94.7 Å². The molecule has 632 valence electrons. The maximum absolute atomic E-state index is 2.47. The molecule has 29 rings (SSSR count). The third-order valence-electron chi connectivity index (χ3n) is 28.2. The van der Waals surface area contributed by atoms with Crippen molar-refractivity contribution in [1.82, 2.24) is 4.57 Å². The first-order valence-electron chi connectivity index (χ1n) is 46.7. The van der Waals surface area contributed by atoms with Gasteiger partial charge in [0, 0.05) is 66.6 Å². The second kappa shape index (κ2) is 32.6. The minimum Gasteiger partial charge on any atom is -0.308 e. The van der Waals surface area contributed by atoms with E-state index in [1.807, 2.05) is 34.0 Å². The number of thiophene rings is 3. The standard InChI is InChI=1S/C46H28S.C44H27NS.C42H26S/c1-3-13-31-25-33(23-21-29(31)11-1)35-27-41(46-40-19-9-10-20-42(40)47-43(46)28-35)45-38-17-7-5-15-36(38)44(37-16-6-8-18-39(37)45)34-24-22-30-12-2-4-14-32(30)26-34;1-2-14-28(15-3-1)41-31-18-4-6-20-33(31)42(34-21-7-5-19-32(34)41)36-26-27-39(44-43(36)35-22-10-13-25-40(35)46-44)45-37-23-11-8-16-29(37)30-17-9-12-24-38(30)45;1-2-13-28(14-3-1)31-24-25-37(41-36-20-10-11-21-38(36)43-42(31)41)40-34-18-8-6-16-32(34)39(33-17-7-9-19-35(33)40)30-23-22-27-12-4-5-15-29(27)26-30/h1-28H;1-27H;1-26H. The molecule has 1 nitrogen and oxygen atoms in total. The zero-order chi connectivity index (χ0) is 89.4. The molecule has 0 amide bonds. The predicted molar refractivity (Wildman–Crippen MR) is 593 cm³/mol. The molecule has 25 aromatic carbocycles. The number of rotatable bonds is 9. The average molecular weight is 1780 g/mol. The molecule has 0 spiro atoms. The molecule has 136 heavy (non-hydrogen) atoms. The molecular formula is C132H81NS3. The van der Waals surface area contributed by atoms with Crippen LogP contribution >= 0.6 is 34.0 Å². The van der Waals surface area contributed by atoms with E-state index in [9.17, 15) is 0 Å². The van der Waals surface area contributed by atoms with Crippen molar-refractivity contribution in [3.05, 3.63) is 491 Å². The van der Waals surface area contributed by atoms with Crippen LogP contribution in [-0.4, -0.2) is 4.57 Å². The summed E-state index contributed by atoms with van der Waals surface area (Å²) in [7, 11) is 0. The van der Waals surface area contributed by atoms with Crippen LogP contribution in [0.2, 0.25) is 0 Å². The molecule has 0 saturated carbocycles. The molecule has 0 aliphatic rings. The minimum absolute atomic E-state index is 1.23. The zero-order valence-electron chi connectivity index (χ0n) is 73.9. The van der Waals surface area contributed by atoms with Crippen LogP contribution in [0.5, 0.6) is 0 Å². The van der Waals surface area contributed by atoms with Gasteiger partial charge < -0.3 is 4.57 Å². The van der Waals surface area contributed by atoms with Crippen molar-refractivity contribution in [2.24, 2.45) is 0 Å². The molecule has 0 atom stereocenters. The minimum atomic E-state index is 1.23. The van der Waals surface area contributed by atoms with Gasteiger partial charge in [0.25, 0.3) is 0 Å². The first-order valence-corrected chi connectivity index (χ1v) is 49.2. The number of benzene rings is 25. The van der Waals surface area contributed by atoms with E-state index >= 15 is 0 Å². The Bertz CT molecular complexity index is 9730. The van der Waals surface area contributed by atoms with Crippen LogP contribution in [0.3, 0.4) is 0 Å². The largest absolute Gasteiger partial charge is 0.308 e. The zero-order valence-corrected chi connectivity index (χ0v) is 76.4. The number of para-hydroxylation sites is 2. The van der Waals surface area contributed by atoms with E-state index in [0.29, 0.717) is 0 Å². The summed E-state index contributed by atoms with van der Waals surface area (Å²) in [5, 5.41) is 33.5. The van der Waals surface area contributed by atoms with Crippen molar-refractivity contribution < 1.29 is 0 Å². The summed E-state index contributed by atoms with van der Waals surface area (Å²) in [5.74, 6) is 0. The number of aromatic nitrogens is 1. The molecule has 4 heteroatoms. The lowest BCUT2D eigenvalue weighted by molar-refractivity contribution is 1.20. The number of fused-ring (bicyclic) bond motifs is 21. The summed E-state index contributed by atoms with van der Waals surface area (Å²) < 4.78 is 10.4. The monoisotopic (exact) mass is 1780 g/mol. The Morgan fingerprint density at radius 1 is 0.140 bits per heavy atom. The maximum atomic E-state index is 2.47. The number of hydrogen-bond acceptors (Lipinski definition) is 3. The molecule has 0 bridgehead atoms. The molecule has 0 aliphatic heterocycles. The SMILES string of the molecule is c1ccc(-c2c3ccccc3c(-c3ccc(-n4c5ccccc5c5ccccc54)c4sc5ccccc5c34)c3ccccc23)cc1.c1ccc(-c2ccc(-c3c4ccccc4c(-c4ccc5ccccc5c4)c4ccccc34)c3c2sc2ccccc23)cc1.c1ccc2cc(-c3cc(-c4c5ccccc5c(-c5ccc6ccccc6c5)c5ccccc45)c4c(c3)sc3ccccc34)ccc2c1. The average Bonchev–Trinajstić information content (AvgIpc) is 1.36. The van der Waals surface area contributed by atoms with Crippen LogP contribution in [0.1, 0.15) is 0 Å². The lowest BCUT2D eigenvalue weighted by Gasteiger charge is -2.19. The first-order chi connectivity index (χ1) is 67.5. The highest BCUT2D eigenvalue weighted by Crippen LogP contribution is 2.56. The van der Waals surface area contributed by atoms with Crippen molar-refractivity contribution in [2.45, 2.75) is 0 Å². The second-order valence-electron chi connectivity index (χ2n) is 35.7. The Hall–Kier alpha value is -16.7. The quantitative estimate of drug-likeness (QED) is 0.127. The van der Waals surface area contributed by atoms with Gasteiger partial charge in [-0.25, -0.2) is 0 Å². The topological polar surface area (TPSA) is 4.93 Å². The molecule has 4 aromatic heterocycles. The van der Waals surface area contributed by atoms with Gasteiger partial charge in [0.2, 0.25) is 0 Å². The van der Waals surface area contributed by atoms with Crippen molar-refractivity contribution in [3.63, 3.8) is 0 Å². The smallest absolute Gasteiger partial charge is 0.0641 e. The number of hydrogen-bond donors (Lipinski definition) is 0. The van der Waals surface area contributed by atoms with Gasteiger partial charge in [0.05, 0.1) is 21.4 Å². The van der Waals surface area contributed by atoms with Crippen molar-refractivity contribution in [2.75, 3.05) is 0 Å². The highest BCUT2D eigenvalue weighted by Gasteiger charge is 2.28. The summed E-state index contributed by atoms with van der Waals surface area (Å²) in [6.45, 7) is 0. The van der Waals surface area contributed by atoms with Gasteiger partial charge in [-0.15, -0.1) is 34.0 Å². The van der Waals surface area contributed by atoms with E-state index in [-0.39, 0.29) is 0 Å². The Morgan fingerprint density at radius 2 is 0.434 bits per heavy atom. The van der Waals surface area contributed by atoms with Gasteiger partial charge >= 0.3 is 0 Å². The first kappa shape index (κ1) is 79.1. The summed E-state index contributed by atoms with van der Waals surface area (Å²) in [6, 6.07) is 181. The molecule has 4 heterocycles. The Balaban J connectivity index is 0.000000103. The van der Waals surface area contributed by atoms with Crippen molar-refractivity contribution in [1.29, 1.82) is 0 Å². The van der Waals surface area contributed by atoms with Crippen LogP contribution in [-0.2, 0) is 0 Å². The van der Waals surface area contributed by atoms with Crippen LogP contribution in [0, 0.1) is 0 Å². The molecule has 0 N–H and O–H groups in total. The van der Waals surface area contributed by atoms with Gasteiger partial charge in [-0.1, -0.05) is 425 Å². The molecule has 0 saturated heterocycles. The fraction of sp³-hybridized carbons (Fsp3) is 0. The molecule has 0 radical (unpaired) electrons. The van der Waals surface area contributed by atoms with Gasteiger partial charge in [-0.05, 0) is 253 Å². The van der Waals surface area contributed by atoms with E-state index in [4.69, 9.17) is 0 Å². The van der Waals surface area contributed by atoms with Crippen LogP contribution in [0.15, 0.2) is 491 Å². The predicted octanol–water partition coefficient (Wildman–Crippen LogP) is 39.0. The van der Waals surface area contributed by atoms with E-state index in [1.165, 1.54) is 274 Å². The van der Waals surface area contributed by atoms with Gasteiger partial charge in [-0.2, -0.15) is 0 Å². The normalized spacial score (nSPS) is 11.8. The van der Waals surface area contributed by atoms with E-state index in [1.54, 1.807) is 0 Å². The summed E-state index contributed by atoms with van der Waals surface area (Å²) in [4.78, 5) is 0. The summed E-state index contributed by atoms with van der Waals surface area (Å²) in [5.41, 5.74) is 24.2. The lowest BCUT2D eigenvalue weighted by Crippen LogP contribution is -1.96. The van der Waals surface area contributed by atoms with E-state index in [0.717, 1.165) is 0 Å². The van der Waals surface area contributed by atoms with Crippen LogP contribution in [0.25, 0.3) is 274 Å². The third kappa shape index (κ3) is 12.9. The maximum Gasteiger partial charge on any atom is 0.0641 e. The Labute approximate surface area is 797 Å². The van der Waals surface area contributed by atoms with E-state index in [2.05, 4.69) is 496 Å². The van der Waals surface area contributed by atoms with Gasteiger partial charge in [0.1, 0.15) is 0 Å². The summed E-state index contributed by atoms with van der Waals surface area (Å²) >= 11 is 5.70. The fourth-order valence-corrected chi connectivity index (χ4v) is 26.0. The molecule has 0 unspecified atom stereocenters. The molecule has 0 aliphatic carbocycles. The molecule has 0 fully saturated rings. The third-order valence-corrected chi connectivity index (χ3v) is 31.8. The van der Waals surface area contributed by atoms with Crippen LogP contribution < -0.4 is 0 Å². The Morgan fingerprint density at radius 3 is 0.868 bits per heavy atom. The highest BCUT2D eigenvalue weighted by atomic mass is 32.1. The molecule has 29 aromatic rings.